The van der Waals surface area contributed by atoms with E-state index in [9.17, 15) is 0 Å². The summed E-state index contributed by atoms with van der Waals surface area (Å²) in [5.74, 6) is 5.53. The summed E-state index contributed by atoms with van der Waals surface area (Å²) in [6.45, 7) is 2.23. The Balaban J connectivity index is 2.26. The Morgan fingerprint density at radius 1 is 1.43 bits per heavy atom. The van der Waals surface area contributed by atoms with E-state index in [-0.39, 0.29) is 0 Å². The van der Waals surface area contributed by atoms with Crippen molar-refractivity contribution < 1.29 is 0 Å². The van der Waals surface area contributed by atoms with Gasteiger partial charge in [0, 0.05) is 6.04 Å². The van der Waals surface area contributed by atoms with E-state index in [0.717, 1.165) is 6.42 Å². The summed E-state index contributed by atoms with van der Waals surface area (Å²) in [5.41, 5.74) is 4.22. The largest absolute Gasteiger partial charge is 0.271 e. The van der Waals surface area contributed by atoms with E-state index in [1.54, 1.807) is 11.3 Å². The molecule has 3 heteroatoms. The number of hydrogen-bond acceptors (Lipinski definition) is 3. The van der Waals surface area contributed by atoms with Gasteiger partial charge in [-0.3, -0.25) is 11.3 Å². The van der Waals surface area contributed by atoms with Gasteiger partial charge >= 0.3 is 0 Å². The van der Waals surface area contributed by atoms with Crippen molar-refractivity contribution in [1.29, 1.82) is 0 Å². The Morgan fingerprint density at radius 2 is 2.29 bits per heavy atom. The highest BCUT2D eigenvalue weighted by Gasteiger charge is 2.08. The Labute approximate surface area is 90.5 Å². The van der Waals surface area contributed by atoms with Gasteiger partial charge in [-0.05, 0) is 28.8 Å². The highest BCUT2D eigenvalue weighted by molar-refractivity contribution is 7.07. The minimum Gasteiger partial charge on any atom is -0.271 e. The number of thiophene rings is 1. The first-order valence-electron chi connectivity index (χ1n) is 5.36. The van der Waals surface area contributed by atoms with E-state index in [2.05, 4.69) is 29.2 Å². The molecule has 1 heterocycles. The highest BCUT2D eigenvalue weighted by atomic mass is 32.1. The molecule has 0 aliphatic heterocycles. The molecule has 0 fully saturated rings. The van der Waals surface area contributed by atoms with Gasteiger partial charge in [-0.15, -0.1) is 0 Å². The van der Waals surface area contributed by atoms with Crippen LogP contribution in [0, 0.1) is 0 Å². The SMILES string of the molecule is CCCCCCC(NN)c1ccsc1. The Hall–Kier alpha value is -0.380. The second-order valence-corrected chi connectivity index (χ2v) is 4.41. The molecule has 0 bridgehead atoms. The second kappa shape index (κ2) is 6.98. The monoisotopic (exact) mass is 212 g/mol. The molecule has 1 unspecified atom stereocenters. The lowest BCUT2D eigenvalue weighted by atomic mass is 10.0. The van der Waals surface area contributed by atoms with Crippen molar-refractivity contribution in [2.24, 2.45) is 5.84 Å². The van der Waals surface area contributed by atoms with Gasteiger partial charge in [0.2, 0.25) is 0 Å². The van der Waals surface area contributed by atoms with E-state index in [0.29, 0.717) is 6.04 Å². The van der Waals surface area contributed by atoms with Crippen LogP contribution in [0.3, 0.4) is 0 Å². The molecule has 1 aromatic rings. The first kappa shape index (κ1) is 11.7. The maximum Gasteiger partial charge on any atom is 0.0468 e. The van der Waals surface area contributed by atoms with Crippen LogP contribution in [-0.2, 0) is 0 Å². The summed E-state index contributed by atoms with van der Waals surface area (Å²) in [6, 6.07) is 2.49. The predicted molar refractivity (Wildman–Crippen MR) is 63.1 cm³/mol. The molecule has 0 saturated heterocycles. The van der Waals surface area contributed by atoms with Gasteiger partial charge in [0.1, 0.15) is 0 Å². The molecule has 0 radical (unpaired) electrons. The van der Waals surface area contributed by atoms with Crippen molar-refractivity contribution in [3.05, 3.63) is 22.4 Å². The van der Waals surface area contributed by atoms with Gasteiger partial charge in [0.15, 0.2) is 0 Å². The molecule has 1 rings (SSSR count). The zero-order valence-electron chi connectivity index (χ0n) is 8.83. The Morgan fingerprint density at radius 3 is 2.86 bits per heavy atom. The lowest BCUT2D eigenvalue weighted by Crippen LogP contribution is -2.27. The molecule has 2 nitrogen and oxygen atoms in total. The molecule has 0 aliphatic carbocycles. The molecular formula is C11H20N2S. The van der Waals surface area contributed by atoms with Gasteiger partial charge in [-0.2, -0.15) is 11.3 Å². The highest BCUT2D eigenvalue weighted by Crippen LogP contribution is 2.21. The maximum atomic E-state index is 5.53. The average molecular weight is 212 g/mol. The van der Waals surface area contributed by atoms with E-state index in [1.165, 1.54) is 31.2 Å². The number of hydrazine groups is 1. The average Bonchev–Trinajstić information content (AvgIpc) is 2.71. The van der Waals surface area contributed by atoms with E-state index < -0.39 is 0 Å². The van der Waals surface area contributed by atoms with Crippen molar-refractivity contribution in [2.75, 3.05) is 0 Å². The molecule has 1 aromatic heterocycles. The molecule has 80 valence electrons. The lowest BCUT2D eigenvalue weighted by molar-refractivity contribution is 0.483. The summed E-state index contributed by atoms with van der Waals surface area (Å²) in [7, 11) is 0. The predicted octanol–water partition coefficient (Wildman–Crippen LogP) is 3.22. The standard InChI is InChI=1S/C11H20N2S/c1-2-3-4-5-6-11(13-12)10-7-8-14-9-10/h7-9,11,13H,2-6,12H2,1H3. The van der Waals surface area contributed by atoms with Crippen molar-refractivity contribution >= 4 is 11.3 Å². The number of unbranched alkanes of at least 4 members (excludes halogenated alkanes) is 3. The molecule has 1 atom stereocenters. The minimum atomic E-state index is 0.345. The molecule has 0 amide bonds. The molecule has 14 heavy (non-hydrogen) atoms. The molecular weight excluding hydrogens is 192 g/mol. The number of nitrogens with one attached hydrogen (secondary N) is 1. The second-order valence-electron chi connectivity index (χ2n) is 3.63. The van der Waals surface area contributed by atoms with Gasteiger partial charge in [-0.1, -0.05) is 32.6 Å². The quantitative estimate of drug-likeness (QED) is 0.414. The van der Waals surface area contributed by atoms with E-state index >= 15 is 0 Å². The normalized spacial score (nSPS) is 13.0. The molecule has 0 aliphatic rings. The molecule has 0 spiro atoms. The third-order valence-corrected chi connectivity index (χ3v) is 3.19. The van der Waals surface area contributed by atoms with Crippen LogP contribution in [0.25, 0.3) is 0 Å². The van der Waals surface area contributed by atoms with Crippen LogP contribution in [0.5, 0.6) is 0 Å². The van der Waals surface area contributed by atoms with Crippen LogP contribution in [0.2, 0.25) is 0 Å². The summed E-state index contributed by atoms with van der Waals surface area (Å²) < 4.78 is 0. The van der Waals surface area contributed by atoms with Gasteiger partial charge < -0.3 is 0 Å². The number of rotatable bonds is 7. The van der Waals surface area contributed by atoms with Crippen molar-refractivity contribution in [3.8, 4) is 0 Å². The third-order valence-electron chi connectivity index (χ3n) is 2.49. The van der Waals surface area contributed by atoms with Crippen molar-refractivity contribution in [3.63, 3.8) is 0 Å². The molecule has 0 aromatic carbocycles. The number of nitrogens with two attached hydrogens (primary N) is 1. The number of hydrogen-bond donors (Lipinski definition) is 2. The minimum absolute atomic E-state index is 0.345. The molecule has 3 N–H and O–H groups in total. The molecule has 0 saturated carbocycles. The summed E-state index contributed by atoms with van der Waals surface area (Å²) >= 11 is 1.73. The van der Waals surface area contributed by atoms with E-state index in [1.807, 2.05) is 0 Å². The van der Waals surface area contributed by atoms with Crippen molar-refractivity contribution in [1.82, 2.24) is 5.43 Å². The van der Waals surface area contributed by atoms with Crippen LogP contribution >= 0.6 is 11.3 Å². The van der Waals surface area contributed by atoms with Crippen LogP contribution in [0.1, 0.15) is 50.6 Å². The lowest BCUT2D eigenvalue weighted by Gasteiger charge is -2.13. The summed E-state index contributed by atoms with van der Waals surface area (Å²) in [6.07, 6.45) is 6.35. The first-order chi connectivity index (χ1) is 6.88. The fraction of sp³-hybridized carbons (Fsp3) is 0.636. The van der Waals surface area contributed by atoms with E-state index in [4.69, 9.17) is 5.84 Å². The zero-order chi connectivity index (χ0) is 10.2. The summed E-state index contributed by atoms with van der Waals surface area (Å²) in [4.78, 5) is 0. The fourth-order valence-corrected chi connectivity index (χ4v) is 2.31. The fourth-order valence-electron chi connectivity index (χ4n) is 1.59. The summed E-state index contributed by atoms with van der Waals surface area (Å²) in [5, 5.41) is 4.27. The zero-order valence-corrected chi connectivity index (χ0v) is 9.65. The van der Waals surface area contributed by atoms with Gasteiger partial charge in [0.05, 0.1) is 0 Å². The smallest absolute Gasteiger partial charge is 0.0468 e. The topological polar surface area (TPSA) is 38.0 Å². The van der Waals surface area contributed by atoms with Crippen LogP contribution in [-0.4, -0.2) is 0 Å². The first-order valence-corrected chi connectivity index (χ1v) is 6.31. The maximum absolute atomic E-state index is 5.53. The van der Waals surface area contributed by atoms with Crippen LogP contribution in [0.15, 0.2) is 16.8 Å². The van der Waals surface area contributed by atoms with Gasteiger partial charge in [0.25, 0.3) is 0 Å². The Kier molecular flexibility index (Phi) is 5.83. The third kappa shape index (κ3) is 3.78. The van der Waals surface area contributed by atoms with Crippen molar-refractivity contribution in [2.45, 2.75) is 45.1 Å². The van der Waals surface area contributed by atoms with Crippen LogP contribution < -0.4 is 11.3 Å². The Bertz CT molecular complexity index is 221. The van der Waals surface area contributed by atoms with Gasteiger partial charge in [-0.25, -0.2) is 0 Å². The van der Waals surface area contributed by atoms with Crippen LogP contribution in [0.4, 0.5) is 0 Å².